The van der Waals surface area contributed by atoms with E-state index >= 15 is 0 Å². The fourth-order valence-electron chi connectivity index (χ4n) is 3.21. The number of rotatable bonds is 9. The monoisotopic (exact) mass is 467 g/mol. The van der Waals surface area contributed by atoms with Crippen LogP contribution in [-0.2, 0) is 11.2 Å². The summed E-state index contributed by atoms with van der Waals surface area (Å²) >= 11 is 0. The molecule has 175 valence electrons. The fraction of sp³-hybridized carbons (Fsp3) is 0.174. The number of methoxy groups -OCH3 is 1. The van der Waals surface area contributed by atoms with Gasteiger partial charge in [-0.15, -0.1) is 0 Å². The lowest BCUT2D eigenvalue weighted by Crippen LogP contribution is -2.16. The number of amides is 1. The highest BCUT2D eigenvalue weighted by molar-refractivity contribution is 5.93. The standard InChI is InChI=1S/C23H21F2N6O3/c1-3-7-34-19-11-17-14(10-18(19)33-2)23(27-12-26-17)29-20-8-13(30-31-20)9-21(32)28-16-6-4-5-15(24)22(16)25/h3-6,8,10-12H,7,9H2,1-2H3,(H,28,32)(H2,26,27,29,30,31). The minimum atomic E-state index is -1.12. The number of benzene rings is 2. The van der Waals surface area contributed by atoms with Gasteiger partial charge < -0.3 is 20.1 Å². The number of hydrogen-bond acceptors (Lipinski definition) is 7. The van der Waals surface area contributed by atoms with Gasteiger partial charge in [0.15, 0.2) is 29.0 Å². The van der Waals surface area contributed by atoms with E-state index in [-0.39, 0.29) is 12.1 Å². The summed E-state index contributed by atoms with van der Waals surface area (Å²) in [7, 11) is 1.54. The van der Waals surface area contributed by atoms with Crippen LogP contribution < -0.4 is 20.1 Å². The Labute approximate surface area is 193 Å². The summed E-state index contributed by atoms with van der Waals surface area (Å²) in [6.45, 7) is 2.31. The summed E-state index contributed by atoms with van der Waals surface area (Å²) in [6, 6.07) is 8.70. The van der Waals surface area contributed by atoms with E-state index in [1.165, 1.54) is 18.5 Å². The van der Waals surface area contributed by atoms with E-state index in [2.05, 4.69) is 30.8 Å². The molecule has 0 unspecified atom stereocenters. The van der Waals surface area contributed by atoms with E-state index in [0.29, 0.717) is 46.3 Å². The maximum Gasteiger partial charge on any atom is 0.230 e. The largest absolute Gasteiger partial charge is 0.493 e. The number of hydrogen-bond donors (Lipinski definition) is 3. The van der Waals surface area contributed by atoms with Gasteiger partial charge in [-0.25, -0.2) is 18.7 Å². The van der Waals surface area contributed by atoms with Gasteiger partial charge in [0.25, 0.3) is 0 Å². The Morgan fingerprint density at radius 2 is 2.03 bits per heavy atom. The highest BCUT2D eigenvalue weighted by atomic mass is 19.2. The van der Waals surface area contributed by atoms with Crippen molar-refractivity contribution in [2.75, 3.05) is 24.4 Å². The second kappa shape index (κ2) is 10.1. The number of ether oxygens (including phenoxy) is 2. The first-order valence-corrected chi connectivity index (χ1v) is 10.3. The third-order valence-electron chi connectivity index (χ3n) is 4.78. The maximum absolute atomic E-state index is 13.8. The fourth-order valence-corrected chi connectivity index (χ4v) is 3.21. The number of aromatic nitrogens is 4. The topological polar surface area (TPSA) is 114 Å². The summed E-state index contributed by atoms with van der Waals surface area (Å²) < 4.78 is 38.2. The predicted molar refractivity (Wildman–Crippen MR) is 122 cm³/mol. The average Bonchev–Trinajstić information content (AvgIpc) is 3.26. The van der Waals surface area contributed by atoms with Crippen molar-refractivity contribution < 1.29 is 23.0 Å². The van der Waals surface area contributed by atoms with Gasteiger partial charge in [-0.2, -0.15) is 5.10 Å². The number of anilines is 3. The molecule has 0 spiro atoms. The van der Waals surface area contributed by atoms with E-state index in [1.54, 1.807) is 25.3 Å². The Hall–Kier alpha value is -4.28. The van der Waals surface area contributed by atoms with Crippen LogP contribution in [0.25, 0.3) is 10.9 Å². The molecule has 0 atom stereocenters. The zero-order valence-electron chi connectivity index (χ0n) is 18.4. The third kappa shape index (κ3) is 5.03. The second-order valence-corrected chi connectivity index (χ2v) is 7.19. The van der Waals surface area contributed by atoms with Crippen molar-refractivity contribution in [1.29, 1.82) is 0 Å². The van der Waals surface area contributed by atoms with Crippen molar-refractivity contribution in [3.05, 3.63) is 66.5 Å². The van der Waals surface area contributed by atoms with Crippen LogP contribution in [0.2, 0.25) is 0 Å². The molecule has 4 rings (SSSR count). The SMILES string of the molecule is C[CH]COc1cc2ncnc(Nc3cc(CC(=O)Nc4cccc(F)c4F)[nH]n3)c2cc1OC. The zero-order chi connectivity index (χ0) is 24.1. The minimum absolute atomic E-state index is 0.127. The Kier molecular flexibility index (Phi) is 6.81. The van der Waals surface area contributed by atoms with Crippen LogP contribution in [0, 0.1) is 18.1 Å². The second-order valence-electron chi connectivity index (χ2n) is 7.19. The molecule has 9 nitrogen and oxygen atoms in total. The lowest BCUT2D eigenvalue weighted by Gasteiger charge is -2.12. The summed E-state index contributed by atoms with van der Waals surface area (Å²) in [5, 5.41) is 13.0. The first-order valence-electron chi connectivity index (χ1n) is 10.3. The number of carbonyl (C=O) groups excluding carboxylic acids is 1. The third-order valence-corrected chi connectivity index (χ3v) is 4.78. The molecule has 3 N–H and O–H groups in total. The Morgan fingerprint density at radius 3 is 2.82 bits per heavy atom. The van der Waals surface area contributed by atoms with E-state index in [0.717, 1.165) is 6.07 Å². The van der Waals surface area contributed by atoms with Gasteiger partial charge in [-0.1, -0.05) is 13.0 Å². The van der Waals surface area contributed by atoms with Gasteiger partial charge in [-0.3, -0.25) is 9.89 Å². The molecule has 0 saturated carbocycles. The number of H-pyrrole nitrogens is 1. The number of aromatic amines is 1. The zero-order valence-corrected chi connectivity index (χ0v) is 18.4. The molecule has 2 aromatic carbocycles. The van der Waals surface area contributed by atoms with E-state index < -0.39 is 17.5 Å². The lowest BCUT2D eigenvalue weighted by molar-refractivity contribution is -0.115. The van der Waals surface area contributed by atoms with Crippen LogP contribution in [0.3, 0.4) is 0 Å². The van der Waals surface area contributed by atoms with Gasteiger partial charge in [0, 0.05) is 23.2 Å². The smallest absolute Gasteiger partial charge is 0.230 e. The van der Waals surface area contributed by atoms with Crippen LogP contribution in [0.5, 0.6) is 11.5 Å². The number of carbonyl (C=O) groups is 1. The summed E-state index contributed by atoms with van der Waals surface area (Å²) in [6.07, 6.45) is 3.15. The van der Waals surface area contributed by atoms with Crippen molar-refractivity contribution in [3.8, 4) is 11.5 Å². The first kappa shape index (κ1) is 22.9. The predicted octanol–water partition coefficient (Wildman–Crippen LogP) is 4.17. The molecule has 4 aromatic rings. The molecule has 2 heterocycles. The molecule has 34 heavy (non-hydrogen) atoms. The van der Waals surface area contributed by atoms with Crippen LogP contribution >= 0.6 is 0 Å². The van der Waals surface area contributed by atoms with Gasteiger partial charge in [0.05, 0.1) is 31.3 Å². The van der Waals surface area contributed by atoms with Crippen LogP contribution in [0.1, 0.15) is 12.6 Å². The van der Waals surface area contributed by atoms with Crippen molar-refractivity contribution in [2.45, 2.75) is 13.3 Å². The van der Waals surface area contributed by atoms with E-state index in [4.69, 9.17) is 9.47 Å². The Bertz CT molecular complexity index is 1330. The molecule has 0 aliphatic heterocycles. The Morgan fingerprint density at radius 1 is 1.18 bits per heavy atom. The van der Waals surface area contributed by atoms with Crippen LogP contribution in [0.15, 0.2) is 42.7 Å². The van der Waals surface area contributed by atoms with Crippen molar-refractivity contribution in [2.24, 2.45) is 0 Å². The highest BCUT2D eigenvalue weighted by Crippen LogP contribution is 2.34. The van der Waals surface area contributed by atoms with E-state index in [1.807, 2.05) is 13.3 Å². The number of halogens is 2. The quantitative estimate of drug-likeness (QED) is 0.339. The van der Waals surface area contributed by atoms with Gasteiger partial charge in [0.1, 0.15) is 12.1 Å². The number of nitrogens with zero attached hydrogens (tertiary/aromatic N) is 3. The lowest BCUT2D eigenvalue weighted by atomic mass is 10.2. The van der Waals surface area contributed by atoms with Crippen LogP contribution in [0.4, 0.5) is 26.1 Å². The molecule has 1 amide bonds. The molecule has 0 bridgehead atoms. The maximum atomic E-state index is 13.8. The van der Waals surface area contributed by atoms with Crippen molar-refractivity contribution >= 4 is 34.1 Å². The summed E-state index contributed by atoms with van der Waals surface area (Å²) in [5.74, 6) is -0.733. The normalized spacial score (nSPS) is 10.8. The molecule has 0 fully saturated rings. The van der Waals surface area contributed by atoms with Gasteiger partial charge in [0.2, 0.25) is 5.91 Å². The molecule has 11 heteroatoms. The Balaban J connectivity index is 1.49. The van der Waals surface area contributed by atoms with Crippen LogP contribution in [-0.4, -0.2) is 39.8 Å². The molecule has 0 aliphatic rings. The molecule has 0 saturated heterocycles. The molecular formula is C23H21F2N6O3. The number of fused-ring (bicyclic) bond motifs is 1. The van der Waals surface area contributed by atoms with Crippen molar-refractivity contribution in [3.63, 3.8) is 0 Å². The highest BCUT2D eigenvalue weighted by Gasteiger charge is 2.15. The first-order chi connectivity index (χ1) is 16.5. The van der Waals surface area contributed by atoms with Gasteiger partial charge in [-0.05, 0) is 24.6 Å². The van der Waals surface area contributed by atoms with Crippen molar-refractivity contribution in [1.82, 2.24) is 20.2 Å². The van der Waals surface area contributed by atoms with Gasteiger partial charge >= 0.3 is 0 Å². The minimum Gasteiger partial charge on any atom is -0.493 e. The summed E-state index contributed by atoms with van der Waals surface area (Å²) in [4.78, 5) is 20.8. The molecule has 0 aliphatic carbocycles. The molecule has 1 radical (unpaired) electrons. The average molecular weight is 467 g/mol. The molecule has 2 aromatic heterocycles. The molecular weight excluding hydrogens is 446 g/mol. The summed E-state index contributed by atoms with van der Waals surface area (Å²) in [5.41, 5.74) is 0.861. The number of nitrogens with one attached hydrogen (secondary N) is 3. The van der Waals surface area contributed by atoms with E-state index in [9.17, 15) is 13.6 Å².